The predicted molar refractivity (Wildman–Crippen MR) is 101 cm³/mol. The lowest BCUT2D eigenvalue weighted by atomic mass is 9.98. The van der Waals surface area contributed by atoms with E-state index < -0.39 is 11.9 Å². The van der Waals surface area contributed by atoms with Gasteiger partial charge in [0.25, 0.3) is 0 Å². The van der Waals surface area contributed by atoms with E-state index in [4.69, 9.17) is 14.5 Å². The summed E-state index contributed by atoms with van der Waals surface area (Å²) in [5.74, 6) is -0.473. The number of carbonyl (C=O) groups excluding carboxylic acids is 1. The molecule has 1 saturated heterocycles. The minimum atomic E-state index is -1.12. The number of nitriles is 1. The number of methoxy groups -OCH3 is 1. The van der Waals surface area contributed by atoms with Crippen molar-refractivity contribution in [3.8, 4) is 6.07 Å². The largest absolute Gasteiger partial charge is 0.462 e. The van der Waals surface area contributed by atoms with Crippen LogP contribution in [0.1, 0.15) is 31.4 Å². The maximum absolute atomic E-state index is 12.5. The first-order chi connectivity index (χ1) is 13.1. The zero-order valence-electron chi connectivity index (χ0n) is 15.7. The fourth-order valence-corrected chi connectivity index (χ4v) is 3.19. The summed E-state index contributed by atoms with van der Waals surface area (Å²) in [5.41, 5.74) is 1.78. The van der Waals surface area contributed by atoms with Crippen LogP contribution in [0.25, 0.3) is 11.0 Å². The van der Waals surface area contributed by atoms with Crippen molar-refractivity contribution in [3.63, 3.8) is 0 Å². The molecule has 0 aliphatic carbocycles. The molecule has 7 nitrogen and oxygen atoms in total. The molecule has 2 heterocycles. The van der Waals surface area contributed by atoms with Gasteiger partial charge in [-0.05, 0) is 30.9 Å². The molecule has 1 aromatic heterocycles. The number of para-hydroxylation sites is 2. The molecule has 27 heavy (non-hydrogen) atoms. The first kappa shape index (κ1) is 19.1. The second-order valence-electron chi connectivity index (χ2n) is 6.81. The maximum atomic E-state index is 12.5. The molecule has 1 atom stereocenters. The molecule has 1 fully saturated rings. The summed E-state index contributed by atoms with van der Waals surface area (Å²) in [7, 11) is 1.53. The molecule has 3 rings (SSSR count). The lowest BCUT2D eigenvalue weighted by molar-refractivity contribution is -0.145. The molecule has 2 aromatic rings. The molecule has 0 saturated carbocycles. The number of nitrogens with zero attached hydrogens (tertiary/aromatic N) is 4. The SMILES string of the molecule is COCCOC(=O)C(C#N)c1nc2ccccc2nc1N1CCC(C)CC1. The summed E-state index contributed by atoms with van der Waals surface area (Å²) < 4.78 is 10.1. The van der Waals surface area contributed by atoms with Crippen LogP contribution < -0.4 is 4.90 Å². The highest BCUT2D eigenvalue weighted by Crippen LogP contribution is 2.30. The third kappa shape index (κ3) is 4.34. The Morgan fingerprint density at radius 2 is 1.93 bits per heavy atom. The molecule has 0 radical (unpaired) electrons. The topological polar surface area (TPSA) is 88.3 Å². The van der Waals surface area contributed by atoms with Crippen LogP contribution >= 0.6 is 0 Å². The van der Waals surface area contributed by atoms with Crippen LogP contribution in [0.5, 0.6) is 0 Å². The van der Waals surface area contributed by atoms with E-state index in [0.717, 1.165) is 31.4 Å². The van der Waals surface area contributed by atoms with Gasteiger partial charge >= 0.3 is 5.97 Å². The van der Waals surface area contributed by atoms with Crippen LogP contribution in [-0.2, 0) is 14.3 Å². The summed E-state index contributed by atoms with van der Waals surface area (Å²) >= 11 is 0. The van der Waals surface area contributed by atoms with Crippen molar-refractivity contribution >= 4 is 22.8 Å². The van der Waals surface area contributed by atoms with Crippen LogP contribution in [0.2, 0.25) is 0 Å². The predicted octanol–water partition coefficient (Wildman–Crippen LogP) is 2.66. The molecular formula is C20H24N4O3. The molecule has 1 unspecified atom stereocenters. The monoisotopic (exact) mass is 368 g/mol. The Morgan fingerprint density at radius 1 is 1.26 bits per heavy atom. The lowest BCUT2D eigenvalue weighted by Gasteiger charge is -2.32. The van der Waals surface area contributed by atoms with Gasteiger partial charge in [-0.15, -0.1) is 0 Å². The fourth-order valence-electron chi connectivity index (χ4n) is 3.19. The molecule has 1 aliphatic rings. The van der Waals surface area contributed by atoms with Gasteiger partial charge in [0.15, 0.2) is 11.7 Å². The normalized spacial score (nSPS) is 16.1. The molecule has 142 valence electrons. The van der Waals surface area contributed by atoms with Gasteiger partial charge < -0.3 is 14.4 Å². The molecule has 0 bridgehead atoms. The average Bonchev–Trinajstić information content (AvgIpc) is 2.69. The Kier molecular flexibility index (Phi) is 6.20. The summed E-state index contributed by atoms with van der Waals surface area (Å²) in [6.45, 7) is 4.28. The van der Waals surface area contributed by atoms with Gasteiger partial charge in [-0.25, -0.2) is 9.97 Å². The number of hydrogen-bond donors (Lipinski definition) is 0. The fraction of sp³-hybridized carbons (Fsp3) is 0.500. The number of piperidine rings is 1. The number of benzene rings is 1. The zero-order valence-corrected chi connectivity index (χ0v) is 15.7. The van der Waals surface area contributed by atoms with Crippen molar-refractivity contribution in [1.29, 1.82) is 5.26 Å². The number of anilines is 1. The molecule has 0 amide bonds. The van der Waals surface area contributed by atoms with E-state index in [1.807, 2.05) is 24.3 Å². The molecule has 0 spiro atoms. The van der Waals surface area contributed by atoms with E-state index in [1.54, 1.807) is 0 Å². The third-order valence-corrected chi connectivity index (χ3v) is 4.83. The number of carbonyl (C=O) groups is 1. The van der Waals surface area contributed by atoms with E-state index in [1.165, 1.54) is 7.11 Å². The number of fused-ring (bicyclic) bond motifs is 1. The Balaban J connectivity index is 1.99. The number of hydrogen-bond acceptors (Lipinski definition) is 7. The van der Waals surface area contributed by atoms with E-state index in [2.05, 4.69) is 22.9 Å². The van der Waals surface area contributed by atoms with E-state index in [9.17, 15) is 10.1 Å². The van der Waals surface area contributed by atoms with Gasteiger partial charge in [0.1, 0.15) is 12.3 Å². The smallest absolute Gasteiger partial charge is 0.329 e. The summed E-state index contributed by atoms with van der Waals surface area (Å²) in [4.78, 5) is 24.0. The van der Waals surface area contributed by atoms with Crippen molar-refractivity contribution in [3.05, 3.63) is 30.0 Å². The number of ether oxygens (including phenoxy) is 2. The standard InChI is InChI=1S/C20H24N4O3/c1-14-7-9-24(10-8-14)19-18(15(13-21)20(25)27-12-11-26-2)22-16-5-3-4-6-17(16)23-19/h3-6,14-15H,7-12H2,1-2H3. The molecule has 0 N–H and O–H groups in total. The highest BCUT2D eigenvalue weighted by molar-refractivity contribution is 5.85. The van der Waals surface area contributed by atoms with E-state index in [-0.39, 0.29) is 13.2 Å². The van der Waals surface area contributed by atoms with Crippen LogP contribution in [0.3, 0.4) is 0 Å². The Bertz CT molecular complexity index is 841. The first-order valence-electron chi connectivity index (χ1n) is 9.21. The highest BCUT2D eigenvalue weighted by Gasteiger charge is 2.31. The Labute approximate surface area is 158 Å². The van der Waals surface area contributed by atoms with Crippen LogP contribution in [0, 0.1) is 17.2 Å². The molecular weight excluding hydrogens is 344 g/mol. The van der Waals surface area contributed by atoms with Crippen LogP contribution in [0.4, 0.5) is 5.82 Å². The van der Waals surface area contributed by atoms with E-state index >= 15 is 0 Å². The van der Waals surface area contributed by atoms with Crippen LogP contribution in [0.15, 0.2) is 24.3 Å². The van der Waals surface area contributed by atoms with Gasteiger partial charge in [0.05, 0.1) is 23.7 Å². The van der Waals surface area contributed by atoms with Crippen molar-refractivity contribution < 1.29 is 14.3 Å². The van der Waals surface area contributed by atoms with Gasteiger partial charge in [0.2, 0.25) is 0 Å². The Hall–Kier alpha value is -2.72. The zero-order chi connectivity index (χ0) is 19.2. The minimum Gasteiger partial charge on any atom is -0.462 e. The third-order valence-electron chi connectivity index (χ3n) is 4.83. The number of rotatable bonds is 6. The average molecular weight is 368 g/mol. The van der Waals surface area contributed by atoms with Gasteiger partial charge in [-0.2, -0.15) is 5.26 Å². The molecule has 7 heteroatoms. The summed E-state index contributed by atoms with van der Waals surface area (Å²) in [6.07, 6.45) is 2.09. The second kappa shape index (κ2) is 8.78. The van der Waals surface area contributed by atoms with E-state index in [0.29, 0.717) is 22.9 Å². The minimum absolute atomic E-state index is 0.102. The highest BCUT2D eigenvalue weighted by atomic mass is 16.6. The number of esters is 1. The molecule has 1 aliphatic heterocycles. The second-order valence-corrected chi connectivity index (χ2v) is 6.81. The summed E-state index contributed by atoms with van der Waals surface area (Å²) in [6, 6.07) is 9.54. The van der Waals surface area contributed by atoms with Gasteiger partial charge in [0, 0.05) is 20.2 Å². The van der Waals surface area contributed by atoms with Crippen molar-refractivity contribution in [1.82, 2.24) is 9.97 Å². The molecule has 1 aromatic carbocycles. The summed E-state index contributed by atoms with van der Waals surface area (Å²) in [5, 5.41) is 9.67. The van der Waals surface area contributed by atoms with Gasteiger partial charge in [-0.3, -0.25) is 4.79 Å². The van der Waals surface area contributed by atoms with Crippen LogP contribution in [-0.4, -0.2) is 49.4 Å². The van der Waals surface area contributed by atoms with Crippen molar-refractivity contribution in [2.45, 2.75) is 25.7 Å². The number of aromatic nitrogens is 2. The van der Waals surface area contributed by atoms with Crippen molar-refractivity contribution in [2.24, 2.45) is 5.92 Å². The van der Waals surface area contributed by atoms with Crippen molar-refractivity contribution in [2.75, 3.05) is 38.3 Å². The van der Waals surface area contributed by atoms with Gasteiger partial charge in [-0.1, -0.05) is 19.1 Å². The maximum Gasteiger partial charge on any atom is 0.329 e. The lowest BCUT2D eigenvalue weighted by Crippen LogP contribution is -2.35. The Morgan fingerprint density at radius 3 is 2.56 bits per heavy atom. The first-order valence-corrected chi connectivity index (χ1v) is 9.21. The quantitative estimate of drug-likeness (QED) is 0.572.